The Morgan fingerprint density at radius 3 is 0.977 bits per heavy atom. The smallest absolute Gasteiger partial charge is 0.162 e. The lowest BCUT2D eigenvalue weighted by Gasteiger charge is -2.17. The maximum atomic E-state index is 6.29. The minimum atomic E-state index is 0.692. The fourth-order valence-corrected chi connectivity index (χ4v) is 5.25. The topological polar surface area (TPSA) is 36.9 Å². The Balaban J connectivity index is 1.85. The van der Waals surface area contributed by atoms with Crippen molar-refractivity contribution in [1.82, 2.24) is 0 Å². The van der Waals surface area contributed by atoms with Crippen LogP contribution in [0.15, 0.2) is 24.3 Å². The monoisotopic (exact) mass is 602 g/mol. The van der Waals surface area contributed by atoms with Gasteiger partial charge in [0.1, 0.15) is 0 Å². The number of hydrogen-bond acceptors (Lipinski definition) is 4. The van der Waals surface area contributed by atoms with Gasteiger partial charge in [-0.3, -0.25) is 0 Å². The summed E-state index contributed by atoms with van der Waals surface area (Å²) < 4.78 is 25.2. The first kappa shape index (κ1) is 35.4. The molecule has 1 aliphatic carbocycles. The second kappa shape index (κ2) is 21.6. The van der Waals surface area contributed by atoms with Gasteiger partial charge in [0.15, 0.2) is 23.0 Å². The number of fused-ring (bicyclic) bond motifs is 2. The molecule has 44 heavy (non-hydrogen) atoms. The zero-order valence-corrected chi connectivity index (χ0v) is 28.2. The first-order chi connectivity index (χ1) is 21.7. The zero-order chi connectivity index (χ0) is 31.2. The van der Waals surface area contributed by atoms with Crippen molar-refractivity contribution in [3.8, 4) is 34.8 Å². The molecule has 0 bridgehead atoms. The Kier molecular flexibility index (Phi) is 17.4. The van der Waals surface area contributed by atoms with Gasteiger partial charge in [0, 0.05) is 23.3 Å². The maximum Gasteiger partial charge on any atom is 0.162 e. The van der Waals surface area contributed by atoms with E-state index in [1.165, 1.54) is 77.0 Å². The highest BCUT2D eigenvalue weighted by Gasteiger charge is 2.15. The van der Waals surface area contributed by atoms with Crippen molar-refractivity contribution >= 4 is 12.2 Å². The number of benzene rings is 2. The summed E-state index contributed by atoms with van der Waals surface area (Å²) in [7, 11) is 0. The van der Waals surface area contributed by atoms with Crippen LogP contribution in [0.4, 0.5) is 0 Å². The van der Waals surface area contributed by atoms with E-state index < -0.39 is 0 Å². The molecule has 4 heteroatoms. The van der Waals surface area contributed by atoms with Crippen LogP contribution in [-0.4, -0.2) is 26.4 Å². The molecule has 3 rings (SSSR count). The van der Waals surface area contributed by atoms with Gasteiger partial charge in [-0.1, -0.05) is 129 Å². The van der Waals surface area contributed by atoms with Gasteiger partial charge in [0.05, 0.1) is 26.4 Å². The van der Waals surface area contributed by atoms with E-state index in [2.05, 4.69) is 76.0 Å². The Labute approximate surface area is 268 Å². The standard InChI is InChI=1S/C40H58O4/c1-5-9-13-17-25-41-37-29-33-21-22-35-31-39(43-27-19-15-11-7-3)40(44-28-20-16-12-8-4)32-36(35)24-23-34(33)30-38(37)42-26-18-14-10-6-2/h21-22,29-32H,5-20,25-28H2,1-4H3/b22-21-,33-21?,35-22?. The van der Waals surface area contributed by atoms with Crippen LogP contribution in [0.3, 0.4) is 0 Å². The summed E-state index contributed by atoms with van der Waals surface area (Å²) >= 11 is 0. The second-order valence-electron chi connectivity index (χ2n) is 12.0. The molecule has 0 saturated carbocycles. The van der Waals surface area contributed by atoms with Crippen LogP contribution in [0.5, 0.6) is 23.0 Å². The second-order valence-corrected chi connectivity index (χ2v) is 12.0. The molecule has 0 aliphatic heterocycles. The Bertz CT molecular complexity index is 1100. The molecule has 0 spiro atoms. The maximum absolute atomic E-state index is 6.29. The fourth-order valence-electron chi connectivity index (χ4n) is 5.25. The van der Waals surface area contributed by atoms with E-state index in [4.69, 9.17) is 18.9 Å². The van der Waals surface area contributed by atoms with E-state index in [0.29, 0.717) is 26.4 Å². The summed E-state index contributed by atoms with van der Waals surface area (Å²) in [5, 5.41) is 0. The summed E-state index contributed by atoms with van der Waals surface area (Å²) in [5.74, 6) is 10.1. The average Bonchev–Trinajstić information content (AvgIpc) is 3.03. The van der Waals surface area contributed by atoms with Crippen LogP contribution in [-0.2, 0) is 0 Å². The lowest BCUT2D eigenvalue weighted by Crippen LogP contribution is -2.05. The van der Waals surface area contributed by atoms with E-state index in [-0.39, 0.29) is 0 Å². The highest BCUT2D eigenvalue weighted by molar-refractivity contribution is 5.80. The van der Waals surface area contributed by atoms with Gasteiger partial charge in [-0.05, 0) is 48.9 Å². The van der Waals surface area contributed by atoms with E-state index in [1.807, 2.05) is 0 Å². The predicted molar refractivity (Wildman–Crippen MR) is 186 cm³/mol. The Morgan fingerprint density at radius 2 is 0.682 bits per heavy atom. The molecule has 0 aromatic heterocycles. The molecular formula is C40H58O4. The third-order valence-electron chi connectivity index (χ3n) is 8.03. The molecule has 0 N–H and O–H groups in total. The minimum Gasteiger partial charge on any atom is -0.490 e. The van der Waals surface area contributed by atoms with Crippen LogP contribution in [0, 0.1) is 11.8 Å². The summed E-state index contributed by atoms with van der Waals surface area (Å²) in [5.41, 5.74) is 3.99. The van der Waals surface area contributed by atoms with Crippen LogP contribution in [0.1, 0.15) is 153 Å². The molecular weight excluding hydrogens is 544 g/mol. The first-order valence-electron chi connectivity index (χ1n) is 17.8. The number of rotatable bonds is 24. The van der Waals surface area contributed by atoms with Crippen molar-refractivity contribution in [1.29, 1.82) is 0 Å². The third-order valence-corrected chi connectivity index (χ3v) is 8.03. The van der Waals surface area contributed by atoms with E-state index in [1.54, 1.807) is 0 Å². The van der Waals surface area contributed by atoms with Crippen LogP contribution in [0.25, 0.3) is 12.2 Å². The van der Waals surface area contributed by atoms with E-state index in [9.17, 15) is 0 Å². The highest BCUT2D eigenvalue weighted by Crippen LogP contribution is 2.36. The molecule has 0 heterocycles. The largest absolute Gasteiger partial charge is 0.490 e. The summed E-state index contributed by atoms with van der Waals surface area (Å²) in [6.45, 7) is 11.7. The van der Waals surface area contributed by atoms with Gasteiger partial charge >= 0.3 is 0 Å². The molecule has 0 saturated heterocycles. The lowest BCUT2D eigenvalue weighted by atomic mass is 9.99. The van der Waals surface area contributed by atoms with Gasteiger partial charge in [0.2, 0.25) is 0 Å². The molecule has 0 unspecified atom stereocenters. The van der Waals surface area contributed by atoms with Gasteiger partial charge in [-0.15, -0.1) is 0 Å². The van der Waals surface area contributed by atoms with Crippen molar-refractivity contribution in [2.75, 3.05) is 26.4 Å². The molecule has 1 aliphatic rings. The molecule has 0 atom stereocenters. The Morgan fingerprint density at radius 1 is 0.386 bits per heavy atom. The van der Waals surface area contributed by atoms with Crippen LogP contribution >= 0.6 is 0 Å². The fraction of sp³-hybridized carbons (Fsp3) is 0.600. The molecule has 4 nitrogen and oxygen atoms in total. The minimum absolute atomic E-state index is 0.692. The van der Waals surface area contributed by atoms with E-state index in [0.717, 1.165) is 70.9 Å². The summed E-state index contributed by atoms with van der Waals surface area (Å²) in [6.07, 6.45) is 23.0. The molecule has 2 aromatic carbocycles. The van der Waals surface area contributed by atoms with Crippen molar-refractivity contribution in [3.63, 3.8) is 0 Å². The number of unbranched alkanes of at least 4 members (excludes halogenated alkanes) is 12. The number of ether oxygens (including phenoxy) is 4. The highest BCUT2D eigenvalue weighted by atomic mass is 16.5. The van der Waals surface area contributed by atoms with Crippen LogP contribution < -0.4 is 18.9 Å². The van der Waals surface area contributed by atoms with Gasteiger partial charge < -0.3 is 18.9 Å². The van der Waals surface area contributed by atoms with Crippen molar-refractivity contribution in [2.24, 2.45) is 0 Å². The molecule has 2 aromatic rings. The van der Waals surface area contributed by atoms with Gasteiger partial charge in [0.25, 0.3) is 0 Å². The zero-order valence-electron chi connectivity index (χ0n) is 28.2. The third kappa shape index (κ3) is 12.5. The van der Waals surface area contributed by atoms with Crippen LogP contribution in [0.2, 0.25) is 0 Å². The van der Waals surface area contributed by atoms with Gasteiger partial charge in [-0.2, -0.15) is 0 Å². The predicted octanol–water partition coefficient (Wildman–Crippen LogP) is 11.4. The quantitative estimate of drug-likeness (QED) is 0.0755. The Hall–Kier alpha value is -3.06. The van der Waals surface area contributed by atoms with Crippen molar-refractivity contribution in [2.45, 2.75) is 130 Å². The molecule has 0 amide bonds. The van der Waals surface area contributed by atoms with Gasteiger partial charge in [-0.25, -0.2) is 0 Å². The summed E-state index contributed by atoms with van der Waals surface area (Å²) in [6, 6.07) is 8.34. The first-order valence-corrected chi connectivity index (χ1v) is 17.8. The summed E-state index contributed by atoms with van der Waals surface area (Å²) in [4.78, 5) is 0. The molecule has 242 valence electrons. The van der Waals surface area contributed by atoms with Crippen molar-refractivity contribution < 1.29 is 18.9 Å². The normalized spacial score (nSPS) is 12.3. The lowest BCUT2D eigenvalue weighted by molar-refractivity contribution is 0.258. The van der Waals surface area contributed by atoms with Crippen molar-refractivity contribution in [3.05, 3.63) is 46.5 Å². The molecule has 0 radical (unpaired) electrons. The van der Waals surface area contributed by atoms with E-state index >= 15 is 0 Å². The molecule has 0 fully saturated rings. The average molecular weight is 603 g/mol. The number of hydrogen-bond donors (Lipinski definition) is 0. The SMILES string of the molecule is CCCCCCOc1cc2c(cc1OCCCCCC)/C=C\c1cc(OCCCCCC)c(OCCCCCC)cc1C#C2.